The molecule has 0 aliphatic rings. The first kappa shape index (κ1) is 13.1. The van der Waals surface area contributed by atoms with Gasteiger partial charge in [0.2, 0.25) is 0 Å². The van der Waals surface area contributed by atoms with Crippen LogP contribution >= 0.6 is 0 Å². The van der Waals surface area contributed by atoms with E-state index >= 15 is 0 Å². The lowest BCUT2D eigenvalue weighted by Gasteiger charge is -2.26. The van der Waals surface area contributed by atoms with E-state index in [4.69, 9.17) is 5.26 Å². The highest BCUT2D eigenvalue weighted by atomic mass is 16.4. The summed E-state index contributed by atoms with van der Waals surface area (Å²) in [5, 5.41) is 20.2. The molecule has 19 heavy (non-hydrogen) atoms. The SMILES string of the molecule is CC(CCC#N)(C(=O)O)c1cccc2ccccc12. The van der Waals surface area contributed by atoms with Gasteiger partial charge in [0.15, 0.2) is 0 Å². The molecular weight excluding hydrogens is 238 g/mol. The number of benzene rings is 2. The van der Waals surface area contributed by atoms with Gasteiger partial charge >= 0.3 is 5.97 Å². The zero-order valence-electron chi connectivity index (χ0n) is 10.8. The first-order valence-electron chi connectivity index (χ1n) is 6.18. The van der Waals surface area contributed by atoms with Crippen LogP contribution in [0.25, 0.3) is 10.8 Å². The van der Waals surface area contributed by atoms with Crippen LogP contribution in [0.3, 0.4) is 0 Å². The van der Waals surface area contributed by atoms with E-state index in [9.17, 15) is 9.90 Å². The van der Waals surface area contributed by atoms with Crippen LogP contribution in [0.1, 0.15) is 25.3 Å². The summed E-state index contributed by atoms with van der Waals surface area (Å²) in [5.74, 6) is -0.890. The van der Waals surface area contributed by atoms with Gasteiger partial charge in [-0.25, -0.2) is 0 Å². The second kappa shape index (κ2) is 5.11. The summed E-state index contributed by atoms with van der Waals surface area (Å²) in [5.41, 5.74) is -0.260. The molecule has 96 valence electrons. The van der Waals surface area contributed by atoms with Crippen molar-refractivity contribution in [3.05, 3.63) is 48.0 Å². The number of rotatable bonds is 4. The quantitative estimate of drug-likeness (QED) is 0.907. The van der Waals surface area contributed by atoms with Gasteiger partial charge in [-0.1, -0.05) is 42.5 Å². The molecule has 3 nitrogen and oxygen atoms in total. The molecule has 3 heteroatoms. The van der Waals surface area contributed by atoms with Crippen LogP contribution in [0, 0.1) is 11.3 Å². The van der Waals surface area contributed by atoms with Crippen molar-refractivity contribution in [3.8, 4) is 6.07 Å². The number of hydrogen-bond acceptors (Lipinski definition) is 2. The third kappa shape index (κ3) is 2.30. The van der Waals surface area contributed by atoms with Crippen LogP contribution in [0.2, 0.25) is 0 Å². The van der Waals surface area contributed by atoms with Crippen LogP contribution in [0.15, 0.2) is 42.5 Å². The first-order valence-corrected chi connectivity index (χ1v) is 6.18. The van der Waals surface area contributed by atoms with E-state index < -0.39 is 11.4 Å². The Labute approximate surface area is 112 Å². The van der Waals surface area contributed by atoms with Crippen molar-refractivity contribution in [1.29, 1.82) is 5.26 Å². The summed E-state index contributed by atoms with van der Waals surface area (Å²) >= 11 is 0. The highest BCUT2D eigenvalue weighted by molar-refractivity contribution is 5.92. The minimum Gasteiger partial charge on any atom is -0.481 e. The molecule has 0 fully saturated rings. The molecule has 2 aromatic carbocycles. The topological polar surface area (TPSA) is 61.1 Å². The number of fused-ring (bicyclic) bond motifs is 1. The van der Waals surface area contributed by atoms with Crippen molar-refractivity contribution >= 4 is 16.7 Å². The molecular formula is C16H15NO2. The summed E-state index contributed by atoms with van der Waals surface area (Å²) in [6, 6.07) is 15.4. The summed E-state index contributed by atoms with van der Waals surface area (Å²) in [6.45, 7) is 1.69. The Morgan fingerprint density at radius 2 is 1.95 bits per heavy atom. The molecule has 1 atom stereocenters. The van der Waals surface area contributed by atoms with Gasteiger partial charge in [0.05, 0.1) is 11.5 Å². The second-order valence-corrected chi connectivity index (χ2v) is 4.82. The smallest absolute Gasteiger partial charge is 0.313 e. The van der Waals surface area contributed by atoms with Crippen LogP contribution in [0.5, 0.6) is 0 Å². The lowest BCUT2D eigenvalue weighted by molar-refractivity contribution is -0.143. The lowest BCUT2D eigenvalue weighted by Crippen LogP contribution is -2.32. The number of nitriles is 1. The molecule has 2 rings (SSSR count). The Balaban J connectivity index is 2.63. The van der Waals surface area contributed by atoms with Crippen LogP contribution in [0.4, 0.5) is 0 Å². The van der Waals surface area contributed by atoms with Crippen LogP contribution < -0.4 is 0 Å². The monoisotopic (exact) mass is 253 g/mol. The van der Waals surface area contributed by atoms with Gasteiger partial charge in [-0.15, -0.1) is 0 Å². The highest BCUT2D eigenvalue weighted by Gasteiger charge is 2.35. The molecule has 0 heterocycles. The van der Waals surface area contributed by atoms with E-state index in [1.165, 1.54) is 0 Å². The van der Waals surface area contributed by atoms with E-state index in [0.717, 1.165) is 16.3 Å². The van der Waals surface area contributed by atoms with E-state index in [0.29, 0.717) is 6.42 Å². The van der Waals surface area contributed by atoms with E-state index in [1.807, 2.05) is 48.5 Å². The summed E-state index contributed by atoms with van der Waals surface area (Å²) in [7, 11) is 0. The third-order valence-corrected chi connectivity index (χ3v) is 3.59. The van der Waals surface area contributed by atoms with Crippen LogP contribution in [-0.4, -0.2) is 11.1 Å². The van der Waals surface area contributed by atoms with Crippen LogP contribution in [-0.2, 0) is 10.2 Å². The van der Waals surface area contributed by atoms with Crippen molar-refractivity contribution < 1.29 is 9.90 Å². The Kier molecular flexibility index (Phi) is 3.52. The number of nitrogens with zero attached hydrogens (tertiary/aromatic N) is 1. The zero-order chi connectivity index (χ0) is 13.9. The molecule has 0 aromatic heterocycles. The largest absolute Gasteiger partial charge is 0.481 e. The van der Waals surface area contributed by atoms with Crippen molar-refractivity contribution in [3.63, 3.8) is 0 Å². The third-order valence-electron chi connectivity index (χ3n) is 3.59. The predicted octanol–water partition coefficient (Wildman–Crippen LogP) is 3.49. The van der Waals surface area contributed by atoms with Gasteiger partial charge in [-0.2, -0.15) is 5.26 Å². The molecule has 1 N–H and O–H groups in total. The second-order valence-electron chi connectivity index (χ2n) is 4.82. The molecule has 0 saturated heterocycles. The first-order chi connectivity index (χ1) is 9.09. The number of carboxylic acid groups (broad SMARTS) is 1. The fourth-order valence-corrected chi connectivity index (χ4v) is 2.37. The van der Waals surface area contributed by atoms with Crippen molar-refractivity contribution in [1.82, 2.24) is 0 Å². The van der Waals surface area contributed by atoms with E-state index in [2.05, 4.69) is 0 Å². The molecule has 0 saturated carbocycles. The highest BCUT2D eigenvalue weighted by Crippen LogP contribution is 2.34. The average Bonchev–Trinajstić information content (AvgIpc) is 2.44. The van der Waals surface area contributed by atoms with Gasteiger partial charge in [-0.05, 0) is 29.7 Å². The molecule has 0 aliphatic carbocycles. The summed E-state index contributed by atoms with van der Waals surface area (Å²) in [4.78, 5) is 11.7. The molecule has 0 aliphatic heterocycles. The summed E-state index contributed by atoms with van der Waals surface area (Å²) in [6.07, 6.45) is 0.541. The van der Waals surface area contributed by atoms with Gasteiger partial charge in [0.25, 0.3) is 0 Å². The lowest BCUT2D eigenvalue weighted by atomic mass is 9.76. The Morgan fingerprint density at radius 3 is 2.63 bits per heavy atom. The maximum Gasteiger partial charge on any atom is 0.313 e. The maximum atomic E-state index is 11.7. The fraction of sp³-hybridized carbons (Fsp3) is 0.250. The van der Waals surface area contributed by atoms with Gasteiger partial charge < -0.3 is 5.11 Å². The number of aliphatic carboxylic acids is 1. The van der Waals surface area contributed by atoms with Crippen molar-refractivity contribution in [2.75, 3.05) is 0 Å². The van der Waals surface area contributed by atoms with Gasteiger partial charge in [-0.3, -0.25) is 4.79 Å². The number of carboxylic acids is 1. The Morgan fingerprint density at radius 1 is 1.26 bits per heavy atom. The number of hydrogen-bond donors (Lipinski definition) is 1. The maximum absolute atomic E-state index is 11.7. The van der Waals surface area contributed by atoms with Crippen molar-refractivity contribution in [2.24, 2.45) is 0 Å². The van der Waals surface area contributed by atoms with Gasteiger partial charge in [0.1, 0.15) is 0 Å². The van der Waals surface area contributed by atoms with E-state index in [-0.39, 0.29) is 6.42 Å². The zero-order valence-corrected chi connectivity index (χ0v) is 10.8. The van der Waals surface area contributed by atoms with Gasteiger partial charge in [0, 0.05) is 6.42 Å². The standard InChI is InChI=1S/C16H15NO2/c1-16(15(18)19,10-5-11-17)14-9-4-7-12-6-2-3-8-13(12)14/h2-4,6-9H,5,10H2,1H3,(H,18,19). The normalized spacial score (nSPS) is 13.7. The number of carbonyl (C=O) groups is 1. The van der Waals surface area contributed by atoms with E-state index in [1.54, 1.807) is 6.92 Å². The molecule has 0 amide bonds. The molecule has 0 radical (unpaired) electrons. The summed E-state index contributed by atoms with van der Waals surface area (Å²) < 4.78 is 0. The molecule has 1 unspecified atom stereocenters. The predicted molar refractivity (Wildman–Crippen MR) is 73.8 cm³/mol. The molecule has 2 aromatic rings. The minimum atomic E-state index is -1.03. The van der Waals surface area contributed by atoms with Crippen molar-refractivity contribution in [2.45, 2.75) is 25.2 Å². The Hall–Kier alpha value is -2.34. The average molecular weight is 253 g/mol. The molecule has 0 spiro atoms. The Bertz CT molecular complexity index is 652. The molecule has 0 bridgehead atoms. The fourth-order valence-electron chi connectivity index (χ4n) is 2.37. The minimum absolute atomic E-state index is 0.228.